The number of hydrogen-bond donors (Lipinski definition) is 2. The molecule has 0 amide bonds. The minimum atomic E-state index is -0.551. The first kappa shape index (κ1) is 18.9. The molecule has 0 radical (unpaired) electrons. The molecule has 152 valence electrons. The van der Waals surface area contributed by atoms with Crippen LogP contribution in [-0.4, -0.2) is 46.6 Å². The lowest BCUT2D eigenvalue weighted by molar-refractivity contribution is 0.119. The number of anilines is 1. The first-order chi connectivity index (χ1) is 13.4. The summed E-state index contributed by atoms with van der Waals surface area (Å²) in [5.41, 5.74) is 7.97. The van der Waals surface area contributed by atoms with E-state index in [1.165, 1.54) is 0 Å². The van der Waals surface area contributed by atoms with E-state index in [0.29, 0.717) is 29.3 Å². The fourth-order valence-electron chi connectivity index (χ4n) is 4.18. The minimum absolute atomic E-state index is 0.00670. The molecule has 2 aliphatic rings. The van der Waals surface area contributed by atoms with Gasteiger partial charge in [-0.15, -0.1) is 0 Å². The van der Waals surface area contributed by atoms with Gasteiger partial charge in [-0.2, -0.15) is 4.68 Å². The van der Waals surface area contributed by atoms with E-state index >= 15 is 0 Å². The summed E-state index contributed by atoms with van der Waals surface area (Å²) < 4.78 is 7.80. The Kier molecular flexibility index (Phi) is 4.88. The van der Waals surface area contributed by atoms with Crippen LogP contribution >= 0.6 is 0 Å². The summed E-state index contributed by atoms with van der Waals surface area (Å²) in [4.78, 5) is 31.8. The molecule has 4 N–H and O–H groups in total. The van der Waals surface area contributed by atoms with Crippen LogP contribution in [0.2, 0.25) is 0 Å². The van der Waals surface area contributed by atoms with Crippen molar-refractivity contribution in [1.29, 1.82) is 0 Å². The van der Waals surface area contributed by atoms with Gasteiger partial charge in [-0.05, 0) is 39.0 Å². The van der Waals surface area contributed by atoms with Crippen molar-refractivity contribution in [3.63, 3.8) is 0 Å². The second-order valence-electron chi connectivity index (χ2n) is 7.84. The molecule has 2 atom stereocenters. The molecule has 4 rings (SSSR count). The number of nitrogen functional groups attached to an aromatic ring is 1. The Hall–Kier alpha value is -2.39. The van der Waals surface area contributed by atoms with Crippen LogP contribution in [0.1, 0.15) is 37.8 Å². The van der Waals surface area contributed by atoms with Crippen LogP contribution in [0.3, 0.4) is 0 Å². The van der Waals surface area contributed by atoms with Gasteiger partial charge < -0.3 is 21.2 Å². The number of nitrogens with zero attached hydrogens (tertiary/aromatic N) is 4. The number of aromatic nitrogens is 3. The van der Waals surface area contributed by atoms with Gasteiger partial charge >= 0.3 is 11.2 Å². The second kappa shape index (κ2) is 7.21. The average molecular weight is 388 g/mol. The Labute approximate surface area is 162 Å². The first-order valence-corrected chi connectivity index (χ1v) is 9.94. The molecule has 0 aromatic carbocycles. The van der Waals surface area contributed by atoms with Crippen LogP contribution in [0.25, 0.3) is 11.0 Å². The van der Waals surface area contributed by atoms with E-state index in [2.05, 4.69) is 9.88 Å². The molecular weight excluding hydrogens is 360 g/mol. The Morgan fingerprint density at radius 2 is 2.07 bits per heavy atom. The SMILES string of the molecule is CCOCC(N)C1CCN(c2cnc3c(=O)n(N)c(=O)n(C4CC4)c3c2C)C1. The zero-order valence-electron chi connectivity index (χ0n) is 16.4. The molecule has 2 aromatic rings. The molecule has 3 heterocycles. The highest BCUT2D eigenvalue weighted by molar-refractivity contribution is 5.83. The highest BCUT2D eigenvalue weighted by atomic mass is 16.5. The zero-order valence-corrected chi connectivity index (χ0v) is 16.4. The second-order valence-corrected chi connectivity index (χ2v) is 7.84. The number of ether oxygens (including phenoxy) is 1. The molecule has 1 aliphatic heterocycles. The molecule has 2 aromatic heterocycles. The minimum Gasteiger partial charge on any atom is -0.380 e. The normalized spacial score (nSPS) is 20.8. The van der Waals surface area contributed by atoms with Crippen LogP contribution in [0.4, 0.5) is 5.69 Å². The Morgan fingerprint density at radius 1 is 1.32 bits per heavy atom. The van der Waals surface area contributed by atoms with Crippen molar-refractivity contribution in [3.05, 3.63) is 32.6 Å². The molecule has 1 saturated carbocycles. The van der Waals surface area contributed by atoms with Crippen LogP contribution in [-0.2, 0) is 4.74 Å². The van der Waals surface area contributed by atoms with Crippen molar-refractivity contribution in [2.75, 3.05) is 37.0 Å². The number of aryl methyl sites for hydroxylation is 1. The van der Waals surface area contributed by atoms with Crippen LogP contribution in [0, 0.1) is 12.8 Å². The smallest absolute Gasteiger partial charge is 0.350 e. The highest BCUT2D eigenvalue weighted by Gasteiger charge is 2.32. The summed E-state index contributed by atoms with van der Waals surface area (Å²) in [6.07, 6.45) is 4.52. The molecule has 28 heavy (non-hydrogen) atoms. The highest BCUT2D eigenvalue weighted by Crippen LogP contribution is 2.37. The number of fused-ring (bicyclic) bond motifs is 1. The van der Waals surface area contributed by atoms with E-state index in [9.17, 15) is 9.59 Å². The quantitative estimate of drug-likeness (QED) is 0.673. The maximum absolute atomic E-state index is 12.6. The fourth-order valence-corrected chi connectivity index (χ4v) is 4.18. The summed E-state index contributed by atoms with van der Waals surface area (Å²) in [5, 5.41) is 0. The van der Waals surface area contributed by atoms with Crippen molar-refractivity contribution >= 4 is 16.7 Å². The van der Waals surface area contributed by atoms with Crippen molar-refractivity contribution in [2.45, 2.75) is 45.2 Å². The lowest BCUT2D eigenvalue weighted by Crippen LogP contribution is -2.45. The van der Waals surface area contributed by atoms with Crippen molar-refractivity contribution < 1.29 is 4.74 Å². The van der Waals surface area contributed by atoms with Crippen LogP contribution in [0.15, 0.2) is 15.8 Å². The summed E-state index contributed by atoms with van der Waals surface area (Å²) in [5.74, 6) is 6.05. The number of hydrogen-bond acceptors (Lipinski definition) is 7. The van der Waals surface area contributed by atoms with Crippen molar-refractivity contribution in [1.82, 2.24) is 14.2 Å². The van der Waals surface area contributed by atoms with E-state index in [0.717, 1.165) is 43.6 Å². The predicted octanol–water partition coefficient (Wildman–Crippen LogP) is 0.105. The summed E-state index contributed by atoms with van der Waals surface area (Å²) in [6.45, 7) is 6.80. The van der Waals surface area contributed by atoms with Crippen molar-refractivity contribution in [3.8, 4) is 0 Å². The fraction of sp³-hybridized carbons (Fsp3) is 0.632. The van der Waals surface area contributed by atoms with E-state index in [1.54, 1.807) is 10.8 Å². The molecule has 1 aliphatic carbocycles. The van der Waals surface area contributed by atoms with Gasteiger partial charge in [0.1, 0.15) is 0 Å². The van der Waals surface area contributed by atoms with Gasteiger partial charge in [0.25, 0.3) is 0 Å². The van der Waals surface area contributed by atoms with E-state index in [4.69, 9.17) is 16.3 Å². The number of rotatable bonds is 6. The van der Waals surface area contributed by atoms with Gasteiger partial charge in [-0.25, -0.2) is 9.78 Å². The van der Waals surface area contributed by atoms with Gasteiger partial charge in [0.05, 0.1) is 24.0 Å². The number of nitrogens with two attached hydrogens (primary N) is 2. The molecule has 9 heteroatoms. The van der Waals surface area contributed by atoms with Crippen LogP contribution in [0.5, 0.6) is 0 Å². The number of pyridine rings is 1. The van der Waals surface area contributed by atoms with E-state index < -0.39 is 11.2 Å². The maximum atomic E-state index is 12.6. The monoisotopic (exact) mass is 388 g/mol. The van der Waals surface area contributed by atoms with Gasteiger partial charge in [0, 0.05) is 37.3 Å². The van der Waals surface area contributed by atoms with Gasteiger partial charge in [0.15, 0.2) is 5.52 Å². The molecule has 0 spiro atoms. The third-order valence-electron chi connectivity index (χ3n) is 5.95. The maximum Gasteiger partial charge on any atom is 0.350 e. The summed E-state index contributed by atoms with van der Waals surface area (Å²) in [7, 11) is 0. The first-order valence-electron chi connectivity index (χ1n) is 9.94. The largest absolute Gasteiger partial charge is 0.380 e. The molecule has 0 bridgehead atoms. The third kappa shape index (κ3) is 3.08. The molecule has 2 fully saturated rings. The molecule has 9 nitrogen and oxygen atoms in total. The third-order valence-corrected chi connectivity index (χ3v) is 5.95. The Balaban J connectivity index is 1.73. The van der Waals surface area contributed by atoms with Crippen molar-refractivity contribution in [2.24, 2.45) is 11.7 Å². The van der Waals surface area contributed by atoms with Gasteiger partial charge in [-0.1, -0.05) is 0 Å². The topological polar surface area (TPSA) is 121 Å². The molecule has 1 saturated heterocycles. The predicted molar refractivity (Wildman–Crippen MR) is 108 cm³/mol. The van der Waals surface area contributed by atoms with Crippen LogP contribution < -0.4 is 27.7 Å². The lowest BCUT2D eigenvalue weighted by atomic mass is 10.0. The molecule has 2 unspecified atom stereocenters. The Morgan fingerprint density at radius 3 is 2.75 bits per heavy atom. The van der Waals surface area contributed by atoms with Gasteiger partial charge in [-0.3, -0.25) is 9.36 Å². The van der Waals surface area contributed by atoms with Gasteiger partial charge in [0.2, 0.25) is 0 Å². The zero-order chi connectivity index (χ0) is 20.0. The molecular formula is C19H28N6O3. The lowest BCUT2D eigenvalue weighted by Gasteiger charge is -2.24. The average Bonchev–Trinajstić information content (AvgIpc) is 3.40. The summed E-state index contributed by atoms with van der Waals surface area (Å²) >= 11 is 0. The summed E-state index contributed by atoms with van der Waals surface area (Å²) in [6, 6.07) is 0.0832. The van der Waals surface area contributed by atoms with E-state index in [-0.39, 0.29) is 17.6 Å². The standard InChI is InChI=1S/C19H28N6O3/c1-3-28-10-14(20)12-6-7-23(9-12)15-8-22-16-17(11(15)2)24(13-4-5-13)19(27)25(21)18(16)26/h8,12-14H,3-7,9-10,20-21H2,1-2H3. The Bertz CT molecular complexity index is 1010. The van der Waals surface area contributed by atoms with E-state index in [1.807, 2.05) is 13.8 Å².